The van der Waals surface area contributed by atoms with Crippen LogP contribution in [0, 0.1) is 0 Å². The molecule has 3 nitrogen and oxygen atoms in total. The molecule has 0 amide bonds. The predicted molar refractivity (Wildman–Crippen MR) is 59.7 cm³/mol. The van der Waals surface area contributed by atoms with E-state index in [1.165, 1.54) is 0 Å². The van der Waals surface area contributed by atoms with Crippen LogP contribution in [0.25, 0.3) is 0 Å². The van der Waals surface area contributed by atoms with Crippen molar-refractivity contribution in [2.45, 2.75) is 19.0 Å². The third-order valence-corrected chi connectivity index (χ3v) is 2.90. The fraction of sp³-hybridized carbons (Fsp3) is 0.417. The lowest BCUT2D eigenvalue weighted by Crippen LogP contribution is -2.25. The quantitative estimate of drug-likeness (QED) is 0.836. The van der Waals surface area contributed by atoms with Crippen molar-refractivity contribution < 1.29 is 14.3 Å². The summed E-state index contributed by atoms with van der Waals surface area (Å²) in [6.07, 6.45) is 0.522. The van der Waals surface area contributed by atoms with Gasteiger partial charge in [-0.2, -0.15) is 0 Å². The number of carbonyl (C=O) groups is 1. The van der Waals surface area contributed by atoms with E-state index in [0.29, 0.717) is 19.5 Å². The standard InChI is InChI=1S/C12H14FNO2/c1-12(13)6-7-14(8-12)10-4-2-9(3-5-10)11(15)16/h2-5H,6-8H2,1H3,(H,15,16). The van der Waals surface area contributed by atoms with Crippen LogP contribution in [-0.2, 0) is 0 Å². The number of alkyl halides is 1. The van der Waals surface area contributed by atoms with Gasteiger partial charge in [-0.05, 0) is 31.2 Å². The molecule has 1 N–H and O–H groups in total. The van der Waals surface area contributed by atoms with Crippen molar-refractivity contribution in [3.63, 3.8) is 0 Å². The molecule has 0 aliphatic carbocycles. The molecule has 1 unspecified atom stereocenters. The molecule has 1 saturated heterocycles. The topological polar surface area (TPSA) is 40.5 Å². The molecule has 0 radical (unpaired) electrons. The van der Waals surface area contributed by atoms with Crippen LogP contribution in [0.1, 0.15) is 23.7 Å². The van der Waals surface area contributed by atoms with E-state index < -0.39 is 11.6 Å². The molecule has 1 aliphatic rings. The third-order valence-electron chi connectivity index (χ3n) is 2.90. The van der Waals surface area contributed by atoms with Gasteiger partial charge in [-0.1, -0.05) is 0 Å². The molecule has 1 atom stereocenters. The molecule has 0 spiro atoms. The Labute approximate surface area is 93.5 Å². The first-order valence-corrected chi connectivity index (χ1v) is 5.25. The molecular weight excluding hydrogens is 209 g/mol. The summed E-state index contributed by atoms with van der Waals surface area (Å²) in [5.74, 6) is -0.941. The second kappa shape index (κ2) is 3.77. The monoisotopic (exact) mass is 223 g/mol. The average molecular weight is 223 g/mol. The Morgan fingerprint density at radius 2 is 2.06 bits per heavy atom. The first-order chi connectivity index (χ1) is 7.48. The van der Waals surface area contributed by atoms with Crippen LogP contribution in [0.2, 0.25) is 0 Å². The normalized spacial score (nSPS) is 24.8. The number of benzene rings is 1. The number of aromatic carboxylic acids is 1. The summed E-state index contributed by atoms with van der Waals surface area (Å²) in [5, 5.41) is 8.75. The summed E-state index contributed by atoms with van der Waals surface area (Å²) in [5.41, 5.74) is 0.00296. The first kappa shape index (κ1) is 10.9. The number of rotatable bonds is 2. The van der Waals surface area contributed by atoms with Crippen molar-refractivity contribution in [3.05, 3.63) is 29.8 Å². The highest BCUT2D eigenvalue weighted by atomic mass is 19.1. The van der Waals surface area contributed by atoms with Gasteiger partial charge < -0.3 is 10.0 Å². The molecular formula is C12H14FNO2. The molecule has 2 rings (SSSR count). The van der Waals surface area contributed by atoms with Gasteiger partial charge in [0.25, 0.3) is 0 Å². The summed E-state index contributed by atoms with van der Waals surface area (Å²) in [7, 11) is 0. The molecule has 4 heteroatoms. The van der Waals surface area contributed by atoms with Crippen LogP contribution in [0.3, 0.4) is 0 Å². The molecule has 1 heterocycles. The predicted octanol–water partition coefficient (Wildman–Crippen LogP) is 2.32. The highest BCUT2D eigenvalue weighted by Gasteiger charge is 2.33. The van der Waals surface area contributed by atoms with Gasteiger partial charge in [0, 0.05) is 18.7 Å². The summed E-state index contributed by atoms with van der Waals surface area (Å²) in [4.78, 5) is 12.6. The van der Waals surface area contributed by atoms with E-state index in [1.807, 2.05) is 4.90 Å². The molecule has 1 fully saturated rings. The van der Waals surface area contributed by atoms with Crippen molar-refractivity contribution >= 4 is 11.7 Å². The number of halogens is 1. The second-order valence-corrected chi connectivity index (χ2v) is 4.44. The molecule has 1 aromatic carbocycles. The van der Waals surface area contributed by atoms with Gasteiger partial charge in [-0.25, -0.2) is 9.18 Å². The summed E-state index contributed by atoms with van der Waals surface area (Å²) in [6, 6.07) is 6.55. The Bertz CT molecular complexity index is 400. The number of carboxylic acids is 1. The van der Waals surface area contributed by atoms with Gasteiger partial charge in [-0.15, -0.1) is 0 Å². The van der Waals surface area contributed by atoms with Crippen LogP contribution >= 0.6 is 0 Å². The van der Waals surface area contributed by atoms with Gasteiger partial charge in [-0.3, -0.25) is 0 Å². The maximum absolute atomic E-state index is 13.6. The lowest BCUT2D eigenvalue weighted by Gasteiger charge is -2.19. The van der Waals surface area contributed by atoms with Crippen LogP contribution in [0.4, 0.5) is 10.1 Å². The summed E-state index contributed by atoms with van der Waals surface area (Å²) in [6.45, 7) is 2.65. The SMILES string of the molecule is CC1(F)CCN(c2ccc(C(=O)O)cc2)C1. The van der Waals surface area contributed by atoms with Crippen LogP contribution in [0.15, 0.2) is 24.3 Å². The van der Waals surface area contributed by atoms with Crippen molar-refractivity contribution in [1.29, 1.82) is 0 Å². The van der Waals surface area contributed by atoms with Crippen molar-refractivity contribution in [2.75, 3.05) is 18.0 Å². The Morgan fingerprint density at radius 3 is 2.50 bits per heavy atom. The van der Waals surface area contributed by atoms with Crippen molar-refractivity contribution in [1.82, 2.24) is 0 Å². The lowest BCUT2D eigenvalue weighted by molar-refractivity contribution is 0.0697. The van der Waals surface area contributed by atoms with Crippen LogP contribution in [0.5, 0.6) is 0 Å². The second-order valence-electron chi connectivity index (χ2n) is 4.44. The highest BCUT2D eigenvalue weighted by molar-refractivity contribution is 5.88. The largest absolute Gasteiger partial charge is 0.478 e. The van der Waals surface area contributed by atoms with E-state index in [9.17, 15) is 9.18 Å². The zero-order valence-corrected chi connectivity index (χ0v) is 9.11. The summed E-state index contributed by atoms with van der Waals surface area (Å²) >= 11 is 0. The van der Waals surface area contributed by atoms with Crippen LogP contribution < -0.4 is 4.90 Å². The Hall–Kier alpha value is -1.58. The molecule has 1 aromatic rings. The van der Waals surface area contributed by atoms with E-state index >= 15 is 0 Å². The number of carboxylic acid groups (broad SMARTS) is 1. The fourth-order valence-electron chi connectivity index (χ4n) is 1.96. The molecule has 0 aromatic heterocycles. The minimum absolute atomic E-state index is 0.256. The number of nitrogens with zero attached hydrogens (tertiary/aromatic N) is 1. The van der Waals surface area contributed by atoms with E-state index in [1.54, 1.807) is 31.2 Å². The van der Waals surface area contributed by atoms with Crippen molar-refractivity contribution in [2.24, 2.45) is 0 Å². The lowest BCUT2D eigenvalue weighted by atomic mass is 10.1. The number of anilines is 1. The van der Waals surface area contributed by atoms with E-state index in [0.717, 1.165) is 5.69 Å². The maximum atomic E-state index is 13.6. The van der Waals surface area contributed by atoms with E-state index in [4.69, 9.17) is 5.11 Å². The maximum Gasteiger partial charge on any atom is 0.335 e. The molecule has 1 aliphatic heterocycles. The minimum atomic E-state index is -1.13. The third kappa shape index (κ3) is 2.15. The first-order valence-electron chi connectivity index (χ1n) is 5.25. The number of hydrogen-bond donors (Lipinski definition) is 1. The molecule has 16 heavy (non-hydrogen) atoms. The van der Waals surface area contributed by atoms with Gasteiger partial charge >= 0.3 is 5.97 Å². The van der Waals surface area contributed by atoms with E-state index in [2.05, 4.69) is 0 Å². The zero-order valence-electron chi connectivity index (χ0n) is 9.11. The van der Waals surface area contributed by atoms with Gasteiger partial charge in [0.2, 0.25) is 0 Å². The smallest absolute Gasteiger partial charge is 0.335 e. The Balaban J connectivity index is 2.14. The molecule has 0 saturated carbocycles. The van der Waals surface area contributed by atoms with E-state index in [-0.39, 0.29) is 5.56 Å². The van der Waals surface area contributed by atoms with Gasteiger partial charge in [0.05, 0.1) is 12.1 Å². The van der Waals surface area contributed by atoms with Crippen LogP contribution in [-0.4, -0.2) is 29.8 Å². The average Bonchev–Trinajstić information content (AvgIpc) is 2.59. The minimum Gasteiger partial charge on any atom is -0.478 e. The van der Waals surface area contributed by atoms with Gasteiger partial charge in [0.1, 0.15) is 5.67 Å². The highest BCUT2D eigenvalue weighted by Crippen LogP contribution is 2.29. The molecule has 0 bridgehead atoms. The summed E-state index contributed by atoms with van der Waals surface area (Å²) < 4.78 is 13.6. The Kier molecular flexibility index (Phi) is 2.58. The molecule has 86 valence electrons. The number of hydrogen-bond acceptors (Lipinski definition) is 2. The Morgan fingerprint density at radius 1 is 1.44 bits per heavy atom. The van der Waals surface area contributed by atoms with Gasteiger partial charge in [0.15, 0.2) is 0 Å². The zero-order chi connectivity index (χ0) is 11.8. The fourth-order valence-corrected chi connectivity index (χ4v) is 1.96. The van der Waals surface area contributed by atoms with Crippen molar-refractivity contribution in [3.8, 4) is 0 Å².